The molecule has 158 valence electrons. The van der Waals surface area contributed by atoms with Crippen molar-refractivity contribution >= 4 is 43.6 Å². The van der Waals surface area contributed by atoms with Crippen LogP contribution in [0.25, 0.3) is 0 Å². The first-order valence-electron chi connectivity index (χ1n) is 9.37. The molecule has 1 fully saturated rings. The summed E-state index contributed by atoms with van der Waals surface area (Å²) in [4.78, 5) is 0. The molecule has 0 aromatic heterocycles. The van der Waals surface area contributed by atoms with E-state index in [1.807, 2.05) is 12.1 Å². The van der Waals surface area contributed by atoms with E-state index in [1.165, 1.54) is 5.56 Å². The van der Waals surface area contributed by atoms with E-state index >= 15 is 0 Å². The monoisotopic (exact) mass is 546 g/mol. The number of ether oxygens (including phenoxy) is 1. The molecule has 0 radical (unpaired) electrons. The normalized spacial score (nSPS) is 27.1. The fourth-order valence-electron chi connectivity index (χ4n) is 3.27. The van der Waals surface area contributed by atoms with E-state index in [2.05, 4.69) is 63.0 Å². The molecule has 1 aliphatic rings. The lowest BCUT2D eigenvalue weighted by atomic mass is 10.0. The van der Waals surface area contributed by atoms with Crippen molar-refractivity contribution in [3.63, 3.8) is 0 Å². The number of aryl methyl sites for hydroxylation is 1. The van der Waals surface area contributed by atoms with Crippen LogP contribution in [0.1, 0.15) is 23.6 Å². The summed E-state index contributed by atoms with van der Waals surface area (Å²) < 4.78 is 7.71. The molecule has 0 aliphatic carbocycles. The lowest BCUT2D eigenvalue weighted by molar-refractivity contribution is -0.0911. The first-order chi connectivity index (χ1) is 13.8. The molecule has 2 aromatic carbocycles. The predicted octanol–water partition coefficient (Wildman–Crippen LogP) is 3.26. The van der Waals surface area contributed by atoms with Crippen LogP contribution in [-0.4, -0.2) is 56.0 Å². The van der Waals surface area contributed by atoms with Crippen LogP contribution in [0.2, 0.25) is 0 Å². The molecule has 0 saturated carbocycles. The number of hydrogen-bond acceptors (Lipinski definition) is 6. The van der Waals surface area contributed by atoms with Crippen LogP contribution in [0, 0.1) is 0 Å². The Morgan fingerprint density at radius 3 is 2.24 bits per heavy atom. The van der Waals surface area contributed by atoms with Gasteiger partial charge >= 0.3 is 0 Å². The maximum Gasteiger partial charge on any atom is 0.173 e. The predicted molar refractivity (Wildman–Crippen MR) is 121 cm³/mol. The molecule has 0 spiro atoms. The summed E-state index contributed by atoms with van der Waals surface area (Å²) in [7, 11) is 0. The third kappa shape index (κ3) is 5.36. The maximum atomic E-state index is 10.4. The van der Waals surface area contributed by atoms with Gasteiger partial charge in [0.05, 0.1) is 22.4 Å². The van der Waals surface area contributed by atoms with Crippen molar-refractivity contribution in [3.8, 4) is 5.75 Å². The highest BCUT2D eigenvalue weighted by atomic mass is 79.9. The number of benzene rings is 2. The van der Waals surface area contributed by atoms with Gasteiger partial charge in [-0.05, 0) is 45.6 Å². The summed E-state index contributed by atoms with van der Waals surface area (Å²) in [5, 5.41) is 39.4. The molecular weight excluding hydrogens is 524 g/mol. The summed E-state index contributed by atoms with van der Waals surface area (Å²) in [6.45, 7) is 1.79. The molecule has 5 atom stereocenters. The number of thioether (sulfide) groups is 1. The largest absolute Gasteiger partial charge is 0.475 e. The first-order valence-corrected chi connectivity index (χ1v) is 11.9. The van der Waals surface area contributed by atoms with Crippen molar-refractivity contribution in [2.24, 2.45) is 0 Å². The Labute approximate surface area is 191 Å². The average Bonchev–Trinajstić information content (AvgIpc) is 2.71. The van der Waals surface area contributed by atoms with Crippen LogP contribution >= 0.6 is 43.6 Å². The summed E-state index contributed by atoms with van der Waals surface area (Å²) in [6, 6.07) is 12.2. The SMILES string of the molecule is CCc1ccc(Cc2cc(Br)cc(Br)c2O[C@@H]2S[C@H](CO)[C@@H](O)[C@H](O)[C@H]2O)cc1. The highest BCUT2D eigenvalue weighted by molar-refractivity contribution is 9.11. The van der Waals surface area contributed by atoms with Crippen LogP contribution < -0.4 is 4.74 Å². The molecule has 1 saturated heterocycles. The molecule has 29 heavy (non-hydrogen) atoms. The van der Waals surface area contributed by atoms with Gasteiger partial charge in [-0.25, -0.2) is 0 Å². The molecule has 5 nitrogen and oxygen atoms in total. The third-order valence-electron chi connectivity index (χ3n) is 4.99. The average molecular weight is 548 g/mol. The summed E-state index contributed by atoms with van der Waals surface area (Å²) in [5.74, 6) is 0.560. The Bertz CT molecular complexity index is 831. The van der Waals surface area contributed by atoms with E-state index in [9.17, 15) is 20.4 Å². The lowest BCUT2D eigenvalue weighted by Gasteiger charge is -2.39. The van der Waals surface area contributed by atoms with Gasteiger partial charge in [-0.3, -0.25) is 0 Å². The number of halogens is 2. The summed E-state index contributed by atoms with van der Waals surface area (Å²) in [6.07, 6.45) is -2.29. The smallest absolute Gasteiger partial charge is 0.173 e. The minimum absolute atomic E-state index is 0.326. The van der Waals surface area contributed by atoms with E-state index in [1.54, 1.807) is 0 Å². The zero-order valence-electron chi connectivity index (χ0n) is 15.8. The fraction of sp³-hybridized carbons (Fsp3) is 0.429. The number of aliphatic hydroxyl groups is 4. The summed E-state index contributed by atoms with van der Waals surface area (Å²) >= 11 is 8.16. The van der Waals surface area contributed by atoms with E-state index in [0.29, 0.717) is 16.6 Å². The highest BCUT2D eigenvalue weighted by Gasteiger charge is 2.44. The van der Waals surface area contributed by atoms with Crippen molar-refractivity contribution in [3.05, 3.63) is 62.0 Å². The Kier molecular flexibility index (Phi) is 8.06. The van der Waals surface area contributed by atoms with Crippen molar-refractivity contribution in [2.45, 2.75) is 48.8 Å². The maximum absolute atomic E-state index is 10.4. The molecule has 4 N–H and O–H groups in total. The zero-order valence-corrected chi connectivity index (χ0v) is 19.8. The molecule has 8 heteroatoms. The van der Waals surface area contributed by atoms with Gasteiger partial charge in [0.15, 0.2) is 5.44 Å². The van der Waals surface area contributed by atoms with E-state index in [0.717, 1.165) is 33.8 Å². The summed E-state index contributed by atoms with van der Waals surface area (Å²) in [5.41, 5.74) is 2.47. The minimum Gasteiger partial charge on any atom is -0.475 e. The third-order valence-corrected chi connectivity index (χ3v) is 7.46. The molecule has 3 rings (SSSR count). The van der Waals surface area contributed by atoms with Gasteiger partial charge in [0.1, 0.15) is 18.0 Å². The Morgan fingerprint density at radius 2 is 1.62 bits per heavy atom. The molecule has 1 heterocycles. The topological polar surface area (TPSA) is 90.2 Å². The number of hydrogen-bond donors (Lipinski definition) is 4. The lowest BCUT2D eigenvalue weighted by Crippen LogP contribution is -2.55. The van der Waals surface area contributed by atoms with Crippen molar-refractivity contribution in [1.29, 1.82) is 0 Å². The molecule has 0 unspecified atom stereocenters. The van der Waals surface area contributed by atoms with Gasteiger partial charge in [0.2, 0.25) is 0 Å². The number of rotatable bonds is 6. The van der Waals surface area contributed by atoms with Gasteiger partial charge in [-0.1, -0.05) is 47.1 Å². The van der Waals surface area contributed by atoms with Crippen LogP contribution in [0.4, 0.5) is 0 Å². The molecule has 0 amide bonds. The molecule has 0 bridgehead atoms. The van der Waals surface area contributed by atoms with E-state index in [4.69, 9.17) is 4.74 Å². The van der Waals surface area contributed by atoms with Gasteiger partial charge < -0.3 is 25.2 Å². The quantitative estimate of drug-likeness (QED) is 0.444. The fourth-order valence-corrected chi connectivity index (χ4v) is 5.90. The van der Waals surface area contributed by atoms with Crippen LogP contribution in [0.5, 0.6) is 5.75 Å². The standard InChI is InChI=1S/C21H24Br2O5S/c1-2-11-3-5-12(6-4-11)7-13-8-14(22)9-15(23)20(13)28-21-19(27)18(26)17(25)16(10-24)29-21/h3-6,8-9,16-19,21,24-27H,2,7,10H2,1H3/t16-,17-,18+,19-,21-/m1/s1. The Morgan fingerprint density at radius 1 is 0.966 bits per heavy atom. The van der Waals surface area contributed by atoms with E-state index < -0.39 is 29.0 Å². The van der Waals surface area contributed by atoms with Crippen molar-refractivity contribution in [2.75, 3.05) is 6.61 Å². The van der Waals surface area contributed by atoms with Crippen molar-refractivity contribution < 1.29 is 25.2 Å². The molecule has 2 aromatic rings. The second-order valence-corrected chi connectivity index (χ2v) is 10.2. The zero-order chi connectivity index (χ0) is 21.1. The Hall–Kier alpha value is -0.610. The van der Waals surface area contributed by atoms with Crippen LogP contribution in [-0.2, 0) is 12.8 Å². The molecular formula is C21H24Br2O5S. The van der Waals surface area contributed by atoms with Crippen molar-refractivity contribution in [1.82, 2.24) is 0 Å². The van der Waals surface area contributed by atoms with Gasteiger partial charge in [-0.2, -0.15) is 0 Å². The Balaban J connectivity index is 1.88. The van der Waals surface area contributed by atoms with E-state index in [-0.39, 0.29) is 6.61 Å². The first kappa shape index (κ1) is 23.1. The van der Waals surface area contributed by atoms with Crippen LogP contribution in [0.15, 0.2) is 45.3 Å². The van der Waals surface area contributed by atoms with Gasteiger partial charge in [-0.15, -0.1) is 11.8 Å². The van der Waals surface area contributed by atoms with Gasteiger partial charge in [0.25, 0.3) is 0 Å². The second-order valence-electron chi connectivity index (χ2n) is 7.04. The molecule has 1 aliphatic heterocycles. The van der Waals surface area contributed by atoms with Gasteiger partial charge in [0, 0.05) is 16.5 Å². The minimum atomic E-state index is -1.39. The highest BCUT2D eigenvalue weighted by Crippen LogP contribution is 2.40. The number of aliphatic hydroxyl groups excluding tert-OH is 4. The van der Waals surface area contributed by atoms with Crippen LogP contribution in [0.3, 0.4) is 0 Å². The second kappa shape index (κ2) is 10.1.